The van der Waals surface area contributed by atoms with Crippen molar-refractivity contribution in [2.45, 2.75) is 52.2 Å². The fraction of sp³-hybridized carbons (Fsp3) is 0.818. The average Bonchev–Trinajstić information content (AvgIpc) is 2.43. The summed E-state index contributed by atoms with van der Waals surface area (Å²) in [6.07, 6.45) is 2.62. The lowest BCUT2D eigenvalue weighted by Crippen LogP contribution is -2.18. The van der Waals surface area contributed by atoms with E-state index in [4.69, 9.17) is 9.68 Å². The monoisotopic (exact) mass is 244 g/mol. The molecule has 0 amide bonds. The molecule has 0 spiro atoms. The molecule has 0 aromatic heterocycles. The summed E-state index contributed by atoms with van der Waals surface area (Å²) in [6, 6.07) is 0. The fourth-order valence-corrected chi connectivity index (χ4v) is 1.91. The van der Waals surface area contributed by atoms with Gasteiger partial charge in [0.1, 0.15) is 16.2 Å². The van der Waals surface area contributed by atoms with E-state index in [1.165, 1.54) is 0 Å². The van der Waals surface area contributed by atoms with Gasteiger partial charge in [0, 0.05) is 12.2 Å². The van der Waals surface area contributed by atoms with Gasteiger partial charge in [0.25, 0.3) is 0 Å². The molecule has 1 aliphatic heterocycles. The van der Waals surface area contributed by atoms with E-state index in [1.807, 2.05) is 34.6 Å². The molecule has 92 valence electrons. The highest BCUT2D eigenvalue weighted by Gasteiger charge is 2.28. The van der Waals surface area contributed by atoms with Gasteiger partial charge in [-0.15, -0.1) is 11.8 Å². The van der Waals surface area contributed by atoms with Gasteiger partial charge in [-0.1, -0.05) is 10.3 Å². The third-order valence-electron chi connectivity index (χ3n) is 1.70. The quantitative estimate of drug-likeness (QED) is 0.566. The Labute approximate surface area is 101 Å². The number of thioether (sulfide) groups is 1. The highest BCUT2D eigenvalue weighted by Crippen LogP contribution is 2.27. The van der Waals surface area contributed by atoms with E-state index in [-0.39, 0.29) is 11.2 Å². The lowest BCUT2D eigenvalue weighted by Gasteiger charge is -2.14. The zero-order valence-electron chi connectivity index (χ0n) is 10.6. The van der Waals surface area contributed by atoms with Crippen LogP contribution in [0.5, 0.6) is 0 Å². The Morgan fingerprint density at radius 3 is 2.75 bits per heavy atom. The third kappa shape index (κ3) is 5.39. The van der Waals surface area contributed by atoms with E-state index in [2.05, 4.69) is 10.3 Å². The molecule has 0 bridgehead atoms. The van der Waals surface area contributed by atoms with Gasteiger partial charge in [-0.25, -0.2) is 0 Å². The summed E-state index contributed by atoms with van der Waals surface area (Å²) in [4.78, 5) is 10.5. The predicted molar refractivity (Wildman–Crippen MR) is 69.0 cm³/mol. The Bertz CT molecular complexity index is 293. The summed E-state index contributed by atoms with van der Waals surface area (Å²) in [5, 5.41) is 8.93. The summed E-state index contributed by atoms with van der Waals surface area (Å²) in [7, 11) is 0. The molecule has 0 atom stereocenters. The minimum absolute atomic E-state index is 0.151. The average molecular weight is 244 g/mol. The maximum atomic E-state index is 5.26. The van der Waals surface area contributed by atoms with E-state index < -0.39 is 0 Å². The maximum Gasteiger partial charge on any atom is 0.138 e. The molecule has 0 N–H and O–H groups in total. The molecule has 0 unspecified atom stereocenters. The topological polar surface area (TPSA) is 43.2 Å². The van der Waals surface area contributed by atoms with Crippen molar-refractivity contribution in [2.24, 2.45) is 10.3 Å². The summed E-state index contributed by atoms with van der Waals surface area (Å²) in [5.74, 6) is 0.758. The Hall–Kier alpha value is -0.710. The highest BCUT2D eigenvalue weighted by molar-refractivity contribution is 8.14. The van der Waals surface area contributed by atoms with Crippen molar-refractivity contribution in [1.29, 1.82) is 0 Å². The van der Waals surface area contributed by atoms with Crippen LogP contribution in [0.15, 0.2) is 10.3 Å². The number of hydrogen-bond donors (Lipinski definition) is 0. The molecule has 0 aromatic carbocycles. The minimum atomic E-state index is -0.225. The Morgan fingerprint density at radius 1 is 1.56 bits per heavy atom. The van der Waals surface area contributed by atoms with Gasteiger partial charge in [0.2, 0.25) is 0 Å². The van der Waals surface area contributed by atoms with Gasteiger partial charge in [0.05, 0.1) is 6.21 Å². The van der Waals surface area contributed by atoms with E-state index >= 15 is 0 Å². The van der Waals surface area contributed by atoms with E-state index in [0.29, 0.717) is 0 Å². The number of nitrogens with zero attached hydrogens (tertiary/aromatic N) is 2. The molecule has 0 radical (unpaired) electrons. The Morgan fingerprint density at radius 2 is 2.25 bits per heavy atom. The molecule has 1 aliphatic rings. The normalized spacial score (nSPS) is 19.7. The van der Waals surface area contributed by atoms with Crippen molar-refractivity contribution in [1.82, 2.24) is 0 Å². The Balaban J connectivity index is 2.18. The largest absolute Gasteiger partial charge is 0.390 e. The first-order valence-corrected chi connectivity index (χ1v) is 6.35. The highest BCUT2D eigenvalue weighted by atomic mass is 32.2. The van der Waals surface area contributed by atoms with Gasteiger partial charge < -0.3 is 9.68 Å². The van der Waals surface area contributed by atoms with Crippen molar-refractivity contribution in [2.75, 3.05) is 5.75 Å². The van der Waals surface area contributed by atoms with Crippen LogP contribution in [0.3, 0.4) is 0 Å². The lowest BCUT2D eigenvalue weighted by atomic mass is 10.1. The van der Waals surface area contributed by atoms with Crippen LogP contribution in [-0.2, 0) is 9.68 Å². The van der Waals surface area contributed by atoms with Gasteiger partial charge in [0.15, 0.2) is 0 Å². The van der Waals surface area contributed by atoms with Crippen LogP contribution in [0.4, 0.5) is 0 Å². The SMILES string of the molecule is CC(C)(C)O/N=C/CSC1=NOC(C)(C)C1. The second-order valence-electron chi connectivity index (χ2n) is 5.32. The minimum Gasteiger partial charge on any atom is -0.390 e. The summed E-state index contributed by atoms with van der Waals surface area (Å²) in [6.45, 7) is 9.96. The van der Waals surface area contributed by atoms with Gasteiger partial charge in [-0.2, -0.15) is 0 Å². The van der Waals surface area contributed by atoms with Gasteiger partial charge >= 0.3 is 0 Å². The molecular weight excluding hydrogens is 224 g/mol. The number of oxime groups is 2. The molecule has 5 heteroatoms. The van der Waals surface area contributed by atoms with Crippen LogP contribution < -0.4 is 0 Å². The van der Waals surface area contributed by atoms with Crippen molar-refractivity contribution < 1.29 is 9.68 Å². The third-order valence-corrected chi connectivity index (χ3v) is 2.56. The molecule has 0 saturated heterocycles. The molecule has 16 heavy (non-hydrogen) atoms. The zero-order valence-corrected chi connectivity index (χ0v) is 11.4. The van der Waals surface area contributed by atoms with Crippen LogP contribution in [-0.4, -0.2) is 28.2 Å². The van der Waals surface area contributed by atoms with Crippen LogP contribution in [0.2, 0.25) is 0 Å². The second kappa shape index (κ2) is 5.08. The lowest BCUT2D eigenvalue weighted by molar-refractivity contribution is 0.00184. The molecule has 0 saturated carbocycles. The molecular formula is C11H20N2O2S. The maximum absolute atomic E-state index is 5.26. The van der Waals surface area contributed by atoms with E-state index in [1.54, 1.807) is 18.0 Å². The van der Waals surface area contributed by atoms with Crippen LogP contribution in [0.1, 0.15) is 41.0 Å². The first kappa shape index (κ1) is 13.4. The van der Waals surface area contributed by atoms with Crippen LogP contribution in [0, 0.1) is 0 Å². The van der Waals surface area contributed by atoms with E-state index in [9.17, 15) is 0 Å². The second-order valence-corrected chi connectivity index (χ2v) is 6.41. The van der Waals surface area contributed by atoms with Gasteiger partial charge in [-0.3, -0.25) is 0 Å². The Kier molecular flexibility index (Phi) is 4.24. The molecule has 1 rings (SSSR count). The summed E-state index contributed by atoms with van der Waals surface area (Å²) < 4.78 is 0. The van der Waals surface area contributed by atoms with E-state index in [0.717, 1.165) is 17.2 Å². The summed E-state index contributed by atoms with van der Waals surface area (Å²) >= 11 is 1.63. The molecule has 1 heterocycles. The van der Waals surface area contributed by atoms with Crippen LogP contribution >= 0.6 is 11.8 Å². The smallest absolute Gasteiger partial charge is 0.138 e. The van der Waals surface area contributed by atoms with Crippen molar-refractivity contribution in [3.05, 3.63) is 0 Å². The zero-order chi connectivity index (χ0) is 12.2. The van der Waals surface area contributed by atoms with Crippen molar-refractivity contribution >= 4 is 23.0 Å². The van der Waals surface area contributed by atoms with Gasteiger partial charge in [-0.05, 0) is 34.6 Å². The first-order valence-electron chi connectivity index (χ1n) is 5.36. The number of rotatable bonds is 3. The molecule has 0 aromatic rings. The molecule has 0 aliphatic carbocycles. The predicted octanol–water partition coefficient (Wildman–Crippen LogP) is 3.03. The molecule has 0 fully saturated rings. The standard InChI is InChI=1S/C11H20N2O2S/c1-10(2,3)14-12-6-7-16-9-8-11(4,5)15-13-9/h6H,7-8H2,1-5H3/b12-6+. The van der Waals surface area contributed by atoms with Crippen LogP contribution in [0.25, 0.3) is 0 Å². The first-order chi connectivity index (χ1) is 7.29. The van der Waals surface area contributed by atoms with Crippen molar-refractivity contribution in [3.63, 3.8) is 0 Å². The number of hydrogen-bond acceptors (Lipinski definition) is 5. The summed E-state index contributed by atoms with van der Waals surface area (Å²) in [5.41, 5.74) is -0.376. The van der Waals surface area contributed by atoms with Crippen molar-refractivity contribution in [3.8, 4) is 0 Å². The molecule has 4 nitrogen and oxygen atoms in total. The fourth-order valence-electron chi connectivity index (χ4n) is 1.04.